The van der Waals surface area contributed by atoms with Gasteiger partial charge >= 0.3 is 0 Å². The van der Waals surface area contributed by atoms with Crippen LogP contribution in [0.25, 0.3) is 0 Å². The fraction of sp³-hybridized carbons (Fsp3) is 0.250. The average Bonchev–Trinajstić information content (AvgIpc) is 2.69. The van der Waals surface area contributed by atoms with Gasteiger partial charge in [0, 0.05) is 34.2 Å². The van der Waals surface area contributed by atoms with E-state index in [4.69, 9.17) is 4.74 Å². The summed E-state index contributed by atoms with van der Waals surface area (Å²) in [5.74, 6) is 0.679. The molecular formula is C12H12Br2N2OS. The van der Waals surface area contributed by atoms with Crippen molar-refractivity contribution < 1.29 is 4.74 Å². The van der Waals surface area contributed by atoms with E-state index < -0.39 is 0 Å². The molecule has 0 aromatic carbocycles. The minimum atomic E-state index is 0.679. The summed E-state index contributed by atoms with van der Waals surface area (Å²) in [5.41, 5.74) is 1.06. The molecule has 2 aromatic heterocycles. The smallest absolute Gasteiger partial charge is 0.217 e. The lowest BCUT2D eigenvalue weighted by atomic mass is 10.2. The number of aromatic nitrogens is 1. The van der Waals surface area contributed by atoms with Crippen molar-refractivity contribution in [1.29, 1.82) is 0 Å². The SMILES string of the molecule is COc1ncccc1CNCc1cc(Br)c(Br)s1. The molecule has 0 unspecified atom stereocenters. The fourth-order valence-electron chi connectivity index (χ4n) is 1.54. The Morgan fingerprint density at radius 3 is 2.89 bits per heavy atom. The maximum absolute atomic E-state index is 5.21. The molecule has 1 N–H and O–H groups in total. The Bertz CT molecular complexity index is 511. The zero-order chi connectivity index (χ0) is 13.0. The summed E-state index contributed by atoms with van der Waals surface area (Å²) in [4.78, 5) is 5.44. The topological polar surface area (TPSA) is 34.1 Å². The summed E-state index contributed by atoms with van der Waals surface area (Å²) in [6.07, 6.45) is 1.73. The Kier molecular flexibility index (Phi) is 5.17. The first-order valence-electron chi connectivity index (χ1n) is 5.33. The molecule has 6 heteroatoms. The maximum atomic E-state index is 5.21. The van der Waals surface area contributed by atoms with Gasteiger partial charge < -0.3 is 10.1 Å². The van der Waals surface area contributed by atoms with Crippen LogP contribution in [-0.4, -0.2) is 12.1 Å². The molecule has 2 aromatic rings. The first-order valence-corrected chi connectivity index (χ1v) is 7.73. The standard InChI is InChI=1S/C12H12Br2N2OS/c1-17-12-8(3-2-4-16-12)6-15-7-9-5-10(13)11(14)18-9/h2-5,15H,6-7H2,1H3. The van der Waals surface area contributed by atoms with Crippen LogP contribution in [0.4, 0.5) is 0 Å². The summed E-state index contributed by atoms with van der Waals surface area (Å²) >= 11 is 8.69. The van der Waals surface area contributed by atoms with Gasteiger partial charge in [-0.25, -0.2) is 4.98 Å². The first-order chi connectivity index (χ1) is 8.70. The monoisotopic (exact) mass is 390 g/mol. The summed E-state index contributed by atoms with van der Waals surface area (Å²) < 4.78 is 7.43. The molecule has 0 aliphatic rings. The second-order valence-corrected chi connectivity index (χ2v) is 6.92. The molecule has 0 fully saturated rings. The largest absolute Gasteiger partial charge is 0.481 e. The lowest BCUT2D eigenvalue weighted by Crippen LogP contribution is -2.12. The van der Waals surface area contributed by atoms with E-state index in [-0.39, 0.29) is 0 Å². The van der Waals surface area contributed by atoms with Crippen molar-refractivity contribution in [2.24, 2.45) is 0 Å². The quantitative estimate of drug-likeness (QED) is 0.837. The van der Waals surface area contributed by atoms with Gasteiger partial charge in [-0.1, -0.05) is 6.07 Å². The highest BCUT2D eigenvalue weighted by Crippen LogP contribution is 2.32. The molecule has 0 atom stereocenters. The normalized spacial score (nSPS) is 10.6. The molecule has 96 valence electrons. The second-order valence-electron chi connectivity index (χ2n) is 3.61. The van der Waals surface area contributed by atoms with E-state index in [1.165, 1.54) is 4.88 Å². The second kappa shape index (κ2) is 6.65. The molecule has 0 spiro atoms. The van der Waals surface area contributed by atoms with E-state index in [1.54, 1.807) is 24.6 Å². The Labute approximate surface area is 127 Å². The predicted molar refractivity (Wildman–Crippen MR) is 81.1 cm³/mol. The number of hydrogen-bond donors (Lipinski definition) is 1. The third-order valence-electron chi connectivity index (χ3n) is 2.35. The number of rotatable bonds is 5. The molecule has 0 radical (unpaired) electrons. The first kappa shape index (κ1) is 14.0. The maximum Gasteiger partial charge on any atom is 0.217 e. The lowest BCUT2D eigenvalue weighted by Gasteiger charge is -2.07. The molecule has 0 amide bonds. The van der Waals surface area contributed by atoms with Gasteiger partial charge in [0.1, 0.15) is 0 Å². The summed E-state index contributed by atoms with van der Waals surface area (Å²) in [7, 11) is 1.64. The van der Waals surface area contributed by atoms with Gasteiger partial charge in [0.25, 0.3) is 0 Å². The summed E-state index contributed by atoms with van der Waals surface area (Å²) in [6, 6.07) is 6.04. The molecular weight excluding hydrogens is 380 g/mol. The fourth-order valence-corrected chi connectivity index (χ4v) is 3.69. The van der Waals surface area contributed by atoms with Crippen molar-refractivity contribution in [2.45, 2.75) is 13.1 Å². The van der Waals surface area contributed by atoms with Crippen LogP contribution in [0.3, 0.4) is 0 Å². The highest BCUT2D eigenvalue weighted by molar-refractivity contribution is 9.13. The molecule has 0 saturated heterocycles. The molecule has 0 aliphatic heterocycles. The highest BCUT2D eigenvalue weighted by atomic mass is 79.9. The zero-order valence-electron chi connectivity index (χ0n) is 9.74. The lowest BCUT2D eigenvalue weighted by molar-refractivity contribution is 0.390. The van der Waals surface area contributed by atoms with E-state index in [9.17, 15) is 0 Å². The number of ether oxygens (including phenoxy) is 1. The van der Waals surface area contributed by atoms with Crippen molar-refractivity contribution in [1.82, 2.24) is 10.3 Å². The van der Waals surface area contributed by atoms with E-state index in [0.717, 1.165) is 26.9 Å². The Morgan fingerprint density at radius 1 is 1.39 bits per heavy atom. The van der Waals surface area contributed by atoms with Crippen LogP contribution in [0.5, 0.6) is 5.88 Å². The highest BCUT2D eigenvalue weighted by Gasteiger charge is 2.05. The van der Waals surface area contributed by atoms with Crippen LogP contribution in [-0.2, 0) is 13.1 Å². The number of nitrogens with one attached hydrogen (secondary N) is 1. The van der Waals surface area contributed by atoms with Gasteiger partial charge in [0.15, 0.2) is 0 Å². The van der Waals surface area contributed by atoms with Crippen molar-refractivity contribution in [2.75, 3.05) is 7.11 Å². The Hall–Kier alpha value is -0.430. The van der Waals surface area contributed by atoms with Gasteiger partial charge in [0.2, 0.25) is 5.88 Å². The summed E-state index contributed by atoms with van der Waals surface area (Å²) in [6.45, 7) is 1.57. The Morgan fingerprint density at radius 2 is 2.22 bits per heavy atom. The van der Waals surface area contributed by atoms with E-state index in [2.05, 4.69) is 48.2 Å². The minimum absolute atomic E-state index is 0.679. The van der Waals surface area contributed by atoms with Crippen molar-refractivity contribution in [3.05, 3.63) is 43.1 Å². The van der Waals surface area contributed by atoms with E-state index in [1.807, 2.05) is 12.1 Å². The van der Waals surface area contributed by atoms with Crippen LogP contribution in [0.1, 0.15) is 10.4 Å². The molecule has 3 nitrogen and oxygen atoms in total. The van der Waals surface area contributed by atoms with Crippen LogP contribution >= 0.6 is 43.2 Å². The third kappa shape index (κ3) is 3.54. The number of nitrogens with zero attached hydrogens (tertiary/aromatic N) is 1. The zero-order valence-corrected chi connectivity index (χ0v) is 13.7. The van der Waals surface area contributed by atoms with Crippen LogP contribution in [0.15, 0.2) is 32.7 Å². The van der Waals surface area contributed by atoms with E-state index in [0.29, 0.717) is 5.88 Å². The number of halogens is 2. The Balaban J connectivity index is 1.92. The molecule has 2 heterocycles. The van der Waals surface area contributed by atoms with Gasteiger partial charge in [-0.3, -0.25) is 0 Å². The van der Waals surface area contributed by atoms with Gasteiger partial charge in [-0.05, 0) is 44.0 Å². The third-order valence-corrected chi connectivity index (χ3v) is 5.61. The molecule has 2 rings (SSSR count). The van der Waals surface area contributed by atoms with E-state index >= 15 is 0 Å². The van der Waals surface area contributed by atoms with Crippen LogP contribution in [0.2, 0.25) is 0 Å². The van der Waals surface area contributed by atoms with Crippen molar-refractivity contribution >= 4 is 43.2 Å². The van der Waals surface area contributed by atoms with Gasteiger partial charge in [-0.2, -0.15) is 0 Å². The minimum Gasteiger partial charge on any atom is -0.481 e. The number of thiophene rings is 1. The predicted octanol–water partition coefficient (Wildman–Crippen LogP) is 3.97. The number of pyridine rings is 1. The van der Waals surface area contributed by atoms with Crippen molar-refractivity contribution in [3.8, 4) is 5.88 Å². The van der Waals surface area contributed by atoms with Crippen molar-refractivity contribution in [3.63, 3.8) is 0 Å². The number of methoxy groups -OCH3 is 1. The summed E-state index contributed by atoms with van der Waals surface area (Å²) in [5, 5.41) is 3.38. The number of hydrogen-bond acceptors (Lipinski definition) is 4. The molecule has 18 heavy (non-hydrogen) atoms. The van der Waals surface area contributed by atoms with Gasteiger partial charge in [-0.15, -0.1) is 11.3 Å². The van der Waals surface area contributed by atoms with Gasteiger partial charge in [0.05, 0.1) is 10.9 Å². The van der Waals surface area contributed by atoms with Crippen LogP contribution < -0.4 is 10.1 Å². The molecule has 0 bridgehead atoms. The van der Waals surface area contributed by atoms with Crippen LogP contribution in [0, 0.1) is 0 Å². The average molecular weight is 392 g/mol. The molecule has 0 saturated carbocycles. The molecule has 0 aliphatic carbocycles.